The fourth-order valence-electron chi connectivity index (χ4n) is 3.03. The Bertz CT molecular complexity index is 552. The number of benzene rings is 1. The molecule has 1 saturated carbocycles. The molecule has 0 spiro atoms. The molecule has 1 amide bonds. The van der Waals surface area contributed by atoms with Gasteiger partial charge in [0, 0.05) is 45.2 Å². The summed E-state index contributed by atoms with van der Waals surface area (Å²) in [5.41, 5.74) is 0.322. The van der Waals surface area contributed by atoms with Gasteiger partial charge in [-0.25, -0.2) is 8.78 Å². The lowest BCUT2D eigenvalue weighted by molar-refractivity contribution is -0.122. The van der Waals surface area contributed by atoms with Crippen LogP contribution < -0.4 is 10.6 Å². The van der Waals surface area contributed by atoms with Crippen LogP contribution in [-0.2, 0) is 4.79 Å². The fraction of sp³-hybridized carbons (Fsp3) is 0.562. The zero-order valence-corrected chi connectivity index (χ0v) is 13.7. The summed E-state index contributed by atoms with van der Waals surface area (Å²) in [6.45, 7) is 5.40. The van der Waals surface area contributed by atoms with Crippen LogP contribution in [0.4, 0.5) is 8.78 Å². The van der Waals surface area contributed by atoms with Crippen molar-refractivity contribution in [2.24, 2.45) is 5.92 Å². The lowest BCUT2D eigenvalue weighted by Gasteiger charge is -2.27. The lowest BCUT2D eigenvalue weighted by Crippen LogP contribution is -2.46. The third kappa shape index (κ3) is 4.62. The van der Waals surface area contributed by atoms with Crippen LogP contribution in [0.1, 0.15) is 17.9 Å². The van der Waals surface area contributed by atoms with E-state index in [2.05, 4.69) is 15.5 Å². The molecular formula is C16H22ClF2N3O. The van der Waals surface area contributed by atoms with Crippen LogP contribution >= 0.6 is 12.4 Å². The number of nitrogens with zero attached hydrogens (tertiary/aromatic N) is 1. The first-order chi connectivity index (χ1) is 10.6. The number of nitrogens with one attached hydrogen (secondary N) is 2. The molecule has 0 bridgehead atoms. The molecule has 1 aliphatic carbocycles. The Morgan fingerprint density at radius 2 is 2.04 bits per heavy atom. The van der Waals surface area contributed by atoms with Crippen molar-refractivity contribution in [2.75, 3.05) is 39.3 Å². The van der Waals surface area contributed by atoms with E-state index < -0.39 is 11.6 Å². The number of piperazine rings is 1. The number of carbonyl (C=O) groups excluding carboxylic acids is 1. The second kappa shape index (κ2) is 8.04. The summed E-state index contributed by atoms with van der Waals surface area (Å²) < 4.78 is 26.9. The van der Waals surface area contributed by atoms with Crippen LogP contribution in [0.5, 0.6) is 0 Å². The molecule has 2 fully saturated rings. The summed E-state index contributed by atoms with van der Waals surface area (Å²) >= 11 is 0. The van der Waals surface area contributed by atoms with Crippen molar-refractivity contribution in [2.45, 2.75) is 12.3 Å². The Kier molecular flexibility index (Phi) is 6.33. The second-order valence-electron chi connectivity index (χ2n) is 6.00. The van der Waals surface area contributed by atoms with Crippen molar-refractivity contribution in [3.63, 3.8) is 0 Å². The lowest BCUT2D eigenvalue weighted by atomic mass is 10.1. The van der Waals surface area contributed by atoms with Gasteiger partial charge in [0.05, 0.1) is 0 Å². The summed E-state index contributed by atoms with van der Waals surface area (Å²) in [4.78, 5) is 14.4. The normalized spacial score (nSPS) is 23.9. The van der Waals surface area contributed by atoms with Crippen LogP contribution in [0.3, 0.4) is 0 Å². The zero-order chi connectivity index (χ0) is 15.5. The number of halogens is 3. The first kappa shape index (κ1) is 18.1. The maximum absolute atomic E-state index is 13.7. The predicted octanol–water partition coefficient (Wildman–Crippen LogP) is 1.51. The highest BCUT2D eigenvalue weighted by atomic mass is 35.5. The Morgan fingerprint density at radius 1 is 1.30 bits per heavy atom. The van der Waals surface area contributed by atoms with E-state index in [1.807, 2.05) is 0 Å². The highest BCUT2D eigenvalue weighted by Crippen LogP contribution is 2.48. The molecule has 1 aromatic carbocycles. The van der Waals surface area contributed by atoms with E-state index in [-0.39, 0.29) is 30.2 Å². The maximum atomic E-state index is 13.7. The van der Waals surface area contributed by atoms with Gasteiger partial charge >= 0.3 is 0 Å². The van der Waals surface area contributed by atoms with E-state index in [9.17, 15) is 13.6 Å². The van der Waals surface area contributed by atoms with Crippen molar-refractivity contribution in [3.8, 4) is 0 Å². The van der Waals surface area contributed by atoms with E-state index in [1.165, 1.54) is 6.07 Å². The standard InChI is InChI=1S/C16H21F2N3O.ClH/c17-11-1-2-15(18)13(9-11)12-10-14(12)16(22)20-5-8-21-6-3-19-4-7-21;/h1-2,9,12,14,19H,3-8,10H2,(H,20,22);1H. The van der Waals surface area contributed by atoms with Gasteiger partial charge in [0.1, 0.15) is 11.6 Å². The molecule has 128 valence electrons. The van der Waals surface area contributed by atoms with Gasteiger partial charge in [-0.2, -0.15) is 0 Å². The topological polar surface area (TPSA) is 44.4 Å². The molecule has 3 rings (SSSR count). The molecule has 2 aliphatic rings. The van der Waals surface area contributed by atoms with E-state index >= 15 is 0 Å². The second-order valence-corrected chi connectivity index (χ2v) is 6.00. The Labute approximate surface area is 141 Å². The minimum atomic E-state index is -0.457. The first-order valence-electron chi connectivity index (χ1n) is 7.81. The SMILES string of the molecule is Cl.O=C(NCCN1CCNCC1)C1CC1c1cc(F)ccc1F. The summed E-state index contributed by atoms with van der Waals surface area (Å²) in [5.74, 6) is -1.35. The molecule has 0 radical (unpaired) electrons. The molecule has 23 heavy (non-hydrogen) atoms. The molecule has 2 N–H and O–H groups in total. The van der Waals surface area contributed by atoms with Crippen LogP contribution in [0.2, 0.25) is 0 Å². The van der Waals surface area contributed by atoms with Gasteiger partial charge in [0.2, 0.25) is 5.91 Å². The average Bonchev–Trinajstić information content (AvgIpc) is 3.31. The third-order valence-electron chi connectivity index (χ3n) is 4.42. The smallest absolute Gasteiger partial charge is 0.223 e. The summed E-state index contributed by atoms with van der Waals surface area (Å²) in [5, 5.41) is 6.19. The number of hydrogen-bond acceptors (Lipinski definition) is 3. The van der Waals surface area contributed by atoms with E-state index in [0.717, 1.165) is 44.9 Å². The average molecular weight is 346 g/mol. The van der Waals surface area contributed by atoms with Crippen molar-refractivity contribution in [1.82, 2.24) is 15.5 Å². The van der Waals surface area contributed by atoms with Gasteiger partial charge in [-0.1, -0.05) is 0 Å². The highest BCUT2D eigenvalue weighted by Gasteiger charge is 2.45. The Hall–Kier alpha value is -1.24. The van der Waals surface area contributed by atoms with Gasteiger partial charge < -0.3 is 10.6 Å². The quantitative estimate of drug-likeness (QED) is 0.850. The largest absolute Gasteiger partial charge is 0.355 e. The van der Waals surface area contributed by atoms with Crippen LogP contribution in [-0.4, -0.2) is 50.1 Å². The van der Waals surface area contributed by atoms with Gasteiger partial charge in [-0.3, -0.25) is 9.69 Å². The fourth-order valence-corrected chi connectivity index (χ4v) is 3.03. The molecule has 1 heterocycles. The van der Waals surface area contributed by atoms with Crippen LogP contribution in [0, 0.1) is 17.6 Å². The molecule has 1 saturated heterocycles. The minimum Gasteiger partial charge on any atom is -0.355 e. The molecule has 4 nitrogen and oxygen atoms in total. The van der Waals surface area contributed by atoms with Crippen LogP contribution in [0.25, 0.3) is 0 Å². The van der Waals surface area contributed by atoms with Crippen molar-refractivity contribution >= 4 is 18.3 Å². The number of hydrogen-bond donors (Lipinski definition) is 2. The molecule has 2 unspecified atom stereocenters. The van der Waals surface area contributed by atoms with Gasteiger partial charge in [0.15, 0.2) is 0 Å². The monoisotopic (exact) mass is 345 g/mol. The third-order valence-corrected chi connectivity index (χ3v) is 4.42. The van der Waals surface area contributed by atoms with E-state index in [4.69, 9.17) is 0 Å². The first-order valence-corrected chi connectivity index (χ1v) is 7.81. The van der Waals surface area contributed by atoms with Gasteiger partial charge in [-0.05, 0) is 36.1 Å². The summed E-state index contributed by atoms with van der Waals surface area (Å²) in [6, 6.07) is 3.43. The van der Waals surface area contributed by atoms with Gasteiger partial charge in [0.25, 0.3) is 0 Å². The minimum absolute atomic E-state index is 0. The van der Waals surface area contributed by atoms with Gasteiger partial charge in [-0.15, -0.1) is 12.4 Å². The van der Waals surface area contributed by atoms with Crippen molar-refractivity contribution in [1.29, 1.82) is 0 Å². The van der Waals surface area contributed by atoms with Crippen molar-refractivity contribution in [3.05, 3.63) is 35.4 Å². The molecule has 2 atom stereocenters. The molecule has 7 heteroatoms. The number of amides is 1. The zero-order valence-electron chi connectivity index (χ0n) is 12.9. The van der Waals surface area contributed by atoms with Crippen molar-refractivity contribution < 1.29 is 13.6 Å². The van der Waals surface area contributed by atoms with E-state index in [0.29, 0.717) is 18.5 Å². The Balaban J connectivity index is 0.00000192. The molecule has 1 aliphatic heterocycles. The Morgan fingerprint density at radius 3 is 2.78 bits per heavy atom. The number of rotatable bonds is 5. The van der Waals surface area contributed by atoms with Crippen LogP contribution in [0.15, 0.2) is 18.2 Å². The molecule has 1 aromatic rings. The van der Waals surface area contributed by atoms with E-state index in [1.54, 1.807) is 0 Å². The maximum Gasteiger partial charge on any atom is 0.223 e. The summed E-state index contributed by atoms with van der Waals surface area (Å²) in [6.07, 6.45) is 0.597. The highest BCUT2D eigenvalue weighted by molar-refractivity contribution is 5.85. The molecule has 0 aromatic heterocycles. The number of carbonyl (C=O) groups is 1. The molecular weight excluding hydrogens is 324 g/mol. The summed E-state index contributed by atoms with van der Waals surface area (Å²) in [7, 11) is 0. The predicted molar refractivity (Wildman–Crippen MR) is 86.8 cm³/mol.